The number of amides is 3. The summed E-state index contributed by atoms with van der Waals surface area (Å²) >= 11 is 1.39. The highest BCUT2D eigenvalue weighted by molar-refractivity contribution is 7.15. The van der Waals surface area contributed by atoms with Gasteiger partial charge in [-0.3, -0.25) is 10.1 Å². The second-order valence-corrected chi connectivity index (χ2v) is 5.39. The maximum atomic E-state index is 11.5. The molecule has 0 aromatic carbocycles. The number of nitrogens with one attached hydrogen (secondary N) is 3. The summed E-state index contributed by atoms with van der Waals surface area (Å²) in [6, 6.07) is -0.440. The fraction of sp³-hybridized carbons (Fsp3) is 0.636. The highest BCUT2D eigenvalue weighted by Crippen LogP contribution is 2.41. The zero-order chi connectivity index (χ0) is 13.7. The van der Waals surface area contributed by atoms with Crippen LogP contribution < -0.4 is 16.0 Å². The summed E-state index contributed by atoms with van der Waals surface area (Å²) in [7, 11) is 0. The first kappa shape index (κ1) is 13.7. The number of anilines is 1. The molecule has 0 unspecified atom stereocenters. The quantitative estimate of drug-likeness (QED) is 0.727. The van der Waals surface area contributed by atoms with Crippen molar-refractivity contribution in [1.82, 2.24) is 20.8 Å². The van der Waals surface area contributed by atoms with Crippen LogP contribution in [0.1, 0.15) is 37.1 Å². The molecule has 0 radical (unpaired) electrons. The Balaban J connectivity index is 1.69. The van der Waals surface area contributed by atoms with Gasteiger partial charge >= 0.3 is 6.03 Å². The van der Waals surface area contributed by atoms with Crippen molar-refractivity contribution >= 4 is 28.4 Å². The number of rotatable bonds is 6. The van der Waals surface area contributed by atoms with Crippen LogP contribution in [-0.2, 0) is 4.79 Å². The normalized spacial score (nSPS) is 13.9. The van der Waals surface area contributed by atoms with E-state index in [4.69, 9.17) is 0 Å². The van der Waals surface area contributed by atoms with Gasteiger partial charge in [0.05, 0.1) is 6.54 Å². The molecule has 1 aromatic rings. The first-order chi connectivity index (χ1) is 9.19. The molecule has 1 aliphatic rings. The van der Waals surface area contributed by atoms with Gasteiger partial charge in [0, 0.05) is 12.5 Å². The van der Waals surface area contributed by atoms with Gasteiger partial charge in [-0.15, -0.1) is 10.2 Å². The Bertz CT molecular complexity index is 458. The summed E-state index contributed by atoms with van der Waals surface area (Å²) in [5.74, 6) is 0.323. The molecule has 0 spiro atoms. The molecule has 19 heavy (non-hydrogen) atoms. The first-order valence-corrected chi connectivity index (χ1v) is 7.15. The molecular weight excluding hydrogens is 266 g/mol. The van der Waals surface area contributed by atoms with E-state index in [1.165, 1.54) is 11.3 Å². The predicted molar refractivity (Wildman–Crippen MR) is 72.2 cm³/mol. The molecule has 0 saturated heterocycles. The van der Waals surface area contributed by atoms with E-state index in [2.05, 4.69) is 26.1 Å². The molecule has 1 fully saturated rings. The van der Waals surface area contributed by atoms with Gasteiger partial charge in [0.25, 0.3) is 0 Å². The van der Waals surface area contributed by atoms with Gasteiger partial charge in [0.1, 0.15) is 5.01 Å². The van der Waals surface area contributed by atoms with Crippen LogP contribution in [0.4, 0.5) is 9.93 Å². The summed E-state index contributed by atoms with van der Waals surface area (Å²) in [4.78, 5) is 22.8. The summed E-state index contributed by atoms with van der Waals surface area (Å²) in [5.41, 5.74) is 0. The Morgan fingerprint density at radius 1 is 1.32 bits per heavy atom. The van der Waals surface area contributed by atoms with Crippen LogP contribution in [0.5, 0.6) is 0 Å². The van der Waals surface area contributed by atoms with Gasteiger partial charge in [0.15, 0.2) is 0 Å². The first-order valence-electron chi connectivity index (χ1n) is 6.34. The van der Waals surface area contributed by atoms with Crippen molar-refractivity contribution in [2.24, 2.45) is 0 Å². The van der Waals surface area contributed by atoms with Crippen molar-refractivity contribution in [2.45, 2.75) is 32.1 Å². The molecule has 3 amide bonds. The van der Waals surface area contributed by atoms with Crippen LogP contribution in [-0.4, -0.2) is 35.2 Å². The molecule has 0 atom stereocenters. The number of carbonyl (C=O) groups excluding carboxylic acids is 2. The van der Waals surface area contributed by atoms with Crippen molar-refractivity contribution in [3.05, 3.63) is 5.01 Å². The summed E-state index contributed by atoms with van der Waals surface area (Å²) in [6.07, 6.45) is 3.17. The lowest BCUT2D eigenvalue weighted by atomic mass is 10.4. The van der Waals surface area contributed by atoms with Gasteiger partial charge in [-0.2, -0.15) is 0 Å². The third-order valence-corrected chi connectivity index (χ3v) is 3.57. The van der Waals surface area contributed by atoms with Crippen LogP contribution >= 0.6 is 11.3 Å². The zero-order valence-corrected chi connectivity index (χ0v) is 11.5. The molecule has 0 aliphatic heterocycles. The lowest BCUT2D eigenvalue weighted by Gasteiger charge is -2.05. The third kappa shape index (κ3) is 4.47. The SMILES string of the molecule is CCCNC(=O)CNC(=O)Nc1nnc(C2CC2)s1. The van der Waals surface area contributed by atoms with Gasteiger partial charge in [-0.1, -0.05) is 18.3 Å². The van der Waals surface area contributed by atoms with Gasteiger partial charge in [-0.25, -0.2) is 4.79 Å². The van der Waals surface area contributed by atoms with Crippen LogP contribution in [0.15, 0.2) is 0 Å². The molecule has 1 heterocycles. The molecule has 3 N–H and O–H groups in total. The number of nitrogens with zero attached hydrogens (tertiary/aromatic N) is 2. The van der Waals surface area contributed by atoms with Gasteiger partial charge in [-0.05, 0) is 19.3 Å². The lowest BCUT2D eigenvalue weighted by molar-refractivity contribution is -0.120. The maximum Gasteiger partial charge on any atom is 0.321 e. The molecule has 0 bridgehead atoms. The van der Waals surface area contributed by atoms with Crippen LogP contribution in [0.25, 0.3) is 0 Å². The standard InChI is InChI=1S/C11H17N5O2S/c1-2-5-12-8(17)6-13-10(18)14-11-16-15-9(19-11)7-3-4-7/h7H,2-6H2,1H3,(H,12,17)(H2,13,14,16,18). The molecule has 104 valence electrons. The lowest BCUT2D eigenvalue weighted by Crippen LogP contribution is -2.39. The molecule has 1 aliphatic carbocycles. The second-order valence-electron chi connectivity index (χ2n) is 4.38. The number of hydrogen-bond donors (Lipinski definition) is 3. The summed E-state index contributed by atoms with van der Waals surface area (Å²) in [6.45, 7) is 2.54. The van der Waals surface area contributed by atoms with Crippen molar-refractivity contribution < 1.29 is 9.59 Å². The number of aromatic nitrogens is 2. The van der Waals surface area contributed by atoms with E-state index in [1.807, 2.05) is 6.92 Å². The molecule has 8 heteroatoms. The molecular formula is C11H17N5O2S. The molecule has 1 saturated carbocycles. The third-order valence-electron chi connectivity index (χ3n) is 2.57. The van der Waals surface area contributed by atoms with Gasteiger partial charge < -0.3 is 10.6 Å². The van der Waals surface area contributed by atoms with E-state index in [-0.39, 0.29) is 12.5 Å². The van der Waals surface area contributed by atoms with Crippen LogP contribution in [0, 0.1) is 0 Å². The predicted octanol–water partition coefficient (Wildman–Crippen LogP) is 1.06. The van der Waals surface area contributed by atoms with Crippen LogP contribution in [0.2, 0.25) is 0 Å². The maximum absolute atomic E-state index is 11.5. The van der Waals surface area contributed by atoms with E-state index in [1.54, 1.807) is 0 Å². The average Bonchev–Trinajstić information content (AvgIpc) is 3.15. The van der Waals surface area contributed by atoms with E-state index in [0.29, 0.717) is 17.6 Å². The smallest absolute Gasteiger partial charge is 0.321 e. The van der Waals surface area contributed by atoms with E-state index < -0.39 is 6.03 Å². The Labute approximate surface area is 115 Å². The number of urea groups is 1. The van der Waals surface area contributed by atoms with Crippen molar-refractivity contribution in [1.29, 1.82) is 0 Å². The van der Waals surface area contributed by atoms with Crippen molar-refractivity contribution in [2.75, 3.05) is 18.4 Å². The monoisotopic (exact) mass is 283 g/mol. The molecule has 2 rings (SSSR count). The van der Waals surface area contributed by atoms with Crippen molar-refractivity contribution in [3.8, 4) is 0 Å². The highest BCUT2D eigenvalue weighted by Gasteiger charge is 2.27. The minimum Gasteiger partial charge on any atom is -0.355 e. The summed E-state index contributed by atoms with van der Waals surface area (Å²) in [5, 5.41) is 17.1. The number of hydrogen-bond acceptors (Lipinski definition) is 5. The minimum atomic E-state index is -0.440. The Morgan fingerprint density at radius 2 is 2.11 bits per heavy atom. The number of carbonyl (C=O) groups is 2. The zero-order valence-electron chi connectivity index (χ0n) is 10.7. The second kappa shape index (κ2) is 6.46. The van der Waals surface area contributed by atoms with E-state index in [0.717, 1.165) is 24.3 Å². The fourth-order valence-corrected chi connectivity index (χ4v) is 2.32. The largest absolute Gasteiger partial charge is 0.355 e. The van der Waals surface area contributed by atoms with E-state index >= 15 is 0 Å². The summed E-state index contributed by atoms with van der Waals surface area (Å²) < 4.78 is 0. The van der Waals surface area contributed by atoms with E-state index in [9.17, 15) is 9.59 Å². The topological polar surface area (TPSA) is 96.0 Å². The average molecular weight is 283 g/mol. The molecule has 7 nitrogen and oxygen atoms in total. The fourth-order valence-electron chi connectivity index (χ4n) is 1.41. The Kier molecular flexibility index (Phi) is 4.67. The highest BCUT2D eigenvalue weighted by atomic mass is 32.1. The van der Waals surface area contributed by atoms with Crippen LogP contribution in [0.3, 0.4) is 0 Å². The minimum absolute atomic E-state index is 0.0415. The van der Waals surface area contributed by atoms with Crippen molar-refractivity contribution in [3.63, 3.8) is 0 Å². The molecule has 1 aromatic heterocycles. The Morgan fingerprint density at radius 3 is 2.79 bits per heavy atom. The Hall–Kier alpha value is -1.70. The van der Waals surface area contributed by atoms with Gasteiger partial charge in [0.2, 0.25) is 11.0 Å².